The minimum absolute atomic E-state index is 0. The van der Waals surface area contributed by atoms with Crippen molar-refractivity contribution < 1.29 is 34.8 Å². The molecule has 0 fully saturated rings. The van der Waals surface area contributed by atoms with Crippen LogP contribution in [0.4, 0.5) is 0 Å². The minimum Gasteiger partial charge on any atom is -0.744 e. The van der Waals surface area contributed by atoms with E-state index in [2.05, 4.69) is 6.92 Å². The molecule has 0 N–H and O–H groups in total. The average molecular weight is 419 g/mol. The zero-order valence-corrected chi connectivity index (χ0v) is 16.9. The van der Waals surface area contributed by atoms with Crippen molar-refractivity contribution in [2.24, 2.45) is 0 Å². The maximum Gasteiger partial charge on any atom is 1.00 e. The van der Waals surface area contributed by atoms with E-state index in [-0.39, 0.29) is 22.0 Å². The predicted octanol–water partition coefficient (Wildman–Crippen LogP) is 4.87. The molecular weight excluding hydrogens is 388 g/mol. The van der Waals surface area contributed by atoms with Crippen LogP contribution in [0.2, 0.25) is 0 Å². The number of benzene rings is 1. The molecule has 0 aliphatic carbocycles. The van der Waals surface area contributed by atoms with E-state index in [1.165, 1.54) is 57.4 Å². The predicted molar refractivity (Wildman–Crippen MR) is 97.1 cm³/mol. The van der Waals surface area contributed by atoms with E-state index in [4.69, 9.17) is 4.79 Å². The Bertz CT molecular complexity index is 532. The Kier molecular flexibility index (Phi) is 17.8. The molecule has 0 aromatic heterocycles. The second kappa shape index (κ2) is 16.8. The van der Waals surface area contributed by atoms with Gasteiger partial charge in [0.2, 0.25) is 0 Å². The maximum absolute atomic E-state index is 11.2. The molecule has 0 aliphatic heterocycles. The van der Waals surface area contributed by atoms with Crippen molar-refractivity contribution in [3.05, 3.63) is 29.8 Å². The fourth-order valence-corrected chi connectivity index (χ4v) is 3.49. The van der Waals surface area contributed by atoms with E-state index in [1.807, 2.05) is 6.79 Å². The first-order valence-electron chi connectivity index (χ1n) is 8.88. The van der Waals surface area contributed by atoms with Gasteiger partial charge < -0.3 is 9.35 Å². The van der Waals surface area contributed by atoms with Crippen LogP contribution in [0.25, 0.3) is 0 Å². The molecule has 1 aromatic carbocycles. The summed E-state index contributed by atoms with van der Waals surface area (Å²) in [5.74, 6) is 0. The molecule has 0 amide bonds. The monoisotopic (exact) mass is 418 g/mol. The summed E-state index contributed by atoms with van der Waals surface area (Å²) in [5, 5.41) is 0. The number of aryl methyl sites for hydroxylation is 1. The number of hydrogen-bond donors (Lipinski definition) is 0. The van der Waals surface area contributed by atoms with Crippen molar-refractivity contribution in [1.82, 2.24) is 0 Å². The summed E-state index contributed by atoms with van der Waals surface area (Å²) in [6.45, 7) is 4.23. The number of unbranched alkanes of at least 4 members (excludes halogenated alkanes) is 9. The molecule has 0 heterocycles. The standard InChI is InChI=1S/C18H30O3S.CH2O.Cu/c1-2-3-4-5-6-7-8-9-10-11-14-17-15-12-13-16-18(17)22(19,20)21;1-2;/h12-13,15-16H,2-11,14H2,1H3,(H,19,20,21);1H2;/q;;+1/p-1. The van der Waals surface area contributed by atoms with Crippen molar-refractivity contribution in [2.75, 3.05) is 0 Å². The van der Waals surface area contributed by atoms with Crippen LogP contribution in [-0.2, 0) is 38.4 Å². The Morgan fingerprint density at radius 3 is 1.76 bits per heavy atom. The van der Waals surface area contributed by atoms with Crippen LogP contribution < -0.4 is 0 Å². The third-order valence-corrected chi connectivity index (χ3v) is 4.98. The molecule has 25 heavy (non-hydrogen) atoms. The molecule has 0 saturated heterocycles. The van der Waals surface area contributed by atoms with Gasteiger partial charge in [-0.2, -0.15) is 0 Å². The van der Waals surface area contributed by atoms with Crippen LogP contribution >= 0.6 is 0 Å². The summed E-state index contributed by atoms with van der Waals surface area (Å²) < 4.78 is 33.5. The van der Waals surface area contributed by atoms with Gasteiger partial charge in [0.25, 0.3) is 0 Å². The van der Waals surface area contributed by atoms with Crippen molar-refractivity contribution >= 4 is 16.9 Å². The molecular formula is C19H31CuO4S. The van der Waals surface area contributed by atoms with E-state index in [9.17, 15) is 13.0 Å². The van der Waals surface area contributed by atoms with Gasteiger partial charge in [0.05, 0.1) is 4.90 Å². The third kappa shape index (κ3) is 13.2. The van der Waals surface area contributed by atoms with Crippen molar-refractivity contribution in [2.45, 2.75) is 82.4 Å². The van der Waals surface area contributed by atoms with Gasteiger partial charge in [-0.15, -0.1) is 0 Å². The van der Waals surface area contributed by atoms with Gasteiger partial charge in [0, 0.05) is 0 Å². The van der Waals surface area contributed by atoms with Gasteiger partial charge >= 0.3 is 17.1 Å². The second-order valence-electron chi connectivity index (χ2n) is 5.99. The van der Waals surface area contributed by atoms with E-state index in [0.717, 1.165) is 12.8 Å². The summed E-state index contributed by atoms with van der Waals surface area (Å²) in [6, 6.07) is 6.56. The largest absolute Gasteiger partial charge is 1.00 e. The Morgan fingerprint density at radius 2 is 1.28 bits per heavy atom. The Hall–Kier alpha value is -0.681. The van der Waals surface area contributed by atoms with Gasteiger partial charge in [-0.1, -0.05) is 82.9 Å². The molecule has 4 nitrogen and oxygen atoms in total. The molecule has 0 spiro atoms. The first kappa shape index (κ1) is 26.5. The first-order valence-corrected chi connectivity index (χ1v) is 10.3. The van der Waals surface area contributed by atoms with Gasteiger partial charge in [0.15, 0.2) is 0 Å². The summed E-state index contributed by atoms with van der Waals surface area (Å²) >= 11 is 0. The molecule has 0 bridgehead atoms. The number of carbonyl (C=O) groups is 1. The van der Waals surface area contributed by atoms with E-state index < -0.39 is 10.1 Å². The van der Waals surface area contributed by atoms with Gasteiger partial charge in [-0.05, 0) is 24.5 Å². The molecule has 148 valence electrons. The zero-order chi connectivity index (χ0) is 18.3. The normalized spacial score (nSPS) is 10.5. The molecule has 0 radical (unpaired) electrons. The summed E-state index contributed by atoms with van der Waals surface area (Å²) in [4.78, 5) is 7.95. The average Bonchev–Trinajstić information content (AvgIpc) is 2.58. The second-order valence-corrected chi connectivity index (χ2v) is 7.34. The summed E-state index contributed by atoms with van der Waals surface area (Å²) in [6.07, 6.45) is 13.2. The van der Waals surface area contributed by atoms with Crippen molar-refractivity contribution in [3.63, 3.8) is 0 Å². The van der Waals surface area contributed by atoms with Crippen LogP contribution in [0.3, 0.4) is 0 Å². The fraction of sp³-hybridized carbons (Fsp3) is 0.632. The van der Waals surface area contributed by atoms with Gasteiger partial charge in [-0.25, -0.2) is 8.42 Å². The molecule has 0 saturated carbocycles. The topological polar surface area (TPSA) is 74.3 Å². The Balaban J connectivity index is 0. The summed E-state index contributed by atoms with van der Waals surface area (Å²) in [7, 11) is -4.35. The molecule has 0 atom stereocenters. The molecule has 1 aromatic rings. The van der Waals surface area contributed by atoms with Gasteiger partial charge in [-0.3, -0.25) is 0 Å². The van der Waals surface area contributed by atoms with Crippen molar-refractivity contribution in [1.29, 1.82) is 0 Å². The van der Waals surface area contributed by atoms with E-state index in [0.29, 0.717) is 12.0 Å². The minimum atomic E-state index is -4.35. The molecule has 1 rings (SSSR count). The number of rotatable bonds is 12. The molecule has 6 heteroatoms. The molecule has 0 aliphatic rings. The van der Waals surface area contributed by atoms with E-state index >= 15 is 0 Å². The maximum atomic E-state index is 11.2. The zero-order valence-electron chi connectivity index (χ0n) is 15.1. The smallest absolute Gasteiger partial charge is 0.744 e. The quantitative estimate of drug-likeness (QED) is 0.276. The van der Waals surface area contributed by atoms with Crippen LogP contribution in [0, 0.1) is 0 Å². The van der Waals surface area contributed by atoms with Crippen LogP contribution in [0.15, 0.2) is 29.2 Å². The SMILES string of the molecule is C=O.CCCCCCCCCCCCc1ccccc1S(=O)(=O)[O-].[Cu+]. The first-order chi connectivity index (χ1) is 11.6. The summed E-state index contributed by atoms with van der Waals surface area (Å²) in [5.41, 5.74) is 0.664. The van der Waals surface area contributed by atoms with Gasteiger partial charge in [0.1, 0.15) is 16.9 Å². The van der Waals surface area contributed by atoms with Crippen LogP contribution in [0.1, 0.15) is 76.7 Å². The van der Waals surface area contributed by atoms with Crippen molar-refractivity contribution in [3.8, 4) is 0 Å². The fourth-order valence-electron chi connectivity index (χ4n) is 2.76. The molecule has 0 unspecified atom stereocenters. The Labute approximate surface area is 164 Å². The van der Waals surface area contributed by atoms with Crippen LogP contribution in [0.5, 0.6) is 0 Å². The number of hydrogen-bond acceptors (Lipinski definition) is 4. The number of carbonyl (C=O) groups excluding carboxylic acids is 1. The van der Waals surface area contributed by atoms with E-state index in [1.54, 1.807) is 18.2 Å². The third-order valence-electron chi connectivity index (χ3n) is 4.04. The van der Waals surface area contributed by atoms with Crippen LogP contribution in [-0.4, -0.2) is 19.8 Å². The Morgan fingerprint density at radius 1 is 0.840 bits per heavy atom.